The molecule has 0 unspecified atom stereocenters. The van der Waals surface area contributed by atoms with E-state index < -0.39 is 10.0 Å². The molecule has 102 valence electrons. The Morgan fingerprint density at radius 2 is 1.72 bits per heavy atom. The Labute approximate surface area is 111 Å². The van der Waals surface area contributed by atoms with E-state index in [1.165, 1.54) is 9.87 Å². The number of benzene rings is 1. The van der Waals surface area contributed by atoms with E-state index in [1.54, 1.807) is 7.05 Å². The summed E-state index contributed by atoms with van der Waals surface area (Å²) in [6, 6.07) is 8.15. The minimum atomic E-state index is -3.10. The molecule has 0 aliphatic carbocycles. The van der Waals surface area contributed by atoms with Crippen LogP contribution in [-0.2, 0) is 16.6 Å². The van der Waals surface area contributed by atoms with Gasteiger partial charge in [-0.2, -0.15) is 0 Å². The highest BCUT2D eigenvalue weighted by Crippen LogP contribution is 2.16. The SMILES string of the molecule is CCCS(=O)(=O)N(C)Cc1ccc(C(C)C)cc1. The molecular weight excluding hydrogens is 246 g/mol. The zero-order valence-electron chi connectivity index (χ0n) is 11.7. The van der Waals surface area contributed by atoms with Crippen LogP contribution >= 0.6 is 0 Å². The molecule has 0 aromatic heterocycles. The van der Waals surface area contributed by atoms with Gasteiger partial charge < -0.3 is 0 Å². The van der Waals surface area contributed by atoms with Crippen LogP contribution in [0.2, 0.25) is 0 Å². The third kappa shape index (κ3) is 4.10. The zero-order valence-corrected chi connectivity index (χ0v) is 12.5. The summed E-state index contributed by atoms with van der Waals surface area (Å²) in [5.41, 5.74) is 2.30. The van der Waals surface area contributed by atoms with Crippen molar-refractivity contribution in [2.24, 2.45) is 0 Å². The summed E-state index contributed by atoms with van der Waals surface area (Å²) in [4.78, 5) is 0. The average Bonchev–Trinajstić information content (AvgIpc) is 2.29. The zero-order chi connectivity index (χ0) is 13.8. The molecule has 0 spiro atoms. The van der Waals surface area contributed by atoms with Gasteiger partial charge in [0.2, 0.25) is 10.0 Å². The van der Waals surface area contributed by atoms with Crippen molar-refractivity contribution in [3.8, 4) is 0 Å². The van der Waals surface area contributed by atoms with E-state index in [-0.39, 0.29) is 5.75 Å². The van der Waals surface area contributed by atoms with Gasteiger partial charge in [0, 0.05) is 13.6 Å². The van der Waals surface area contributed by atoms with Crippen molar-refractivity contribution in [2.45, 2.75) is 39.7 Å². The van der Waals surface area contributed by atoms with E-state index in [1.807, 2.05) is 19.1 Å². The fourth-order valence-electron chi connectivity index (χ4n) is 1.78. The predicted octanol–water partition coefficient (Wildman–Crippen LogP) is 2.98. The molecule has 0 aliphatic heterocycles. The van der Waals surface area contributed by atoms with Crippen LogP contribution < -0.4 is 0 Å². The molecule has 0 bridgehead atoms. The van der Waals surface area contributed by atoms with Gasteiger partial charge in [-0.05, 0) is 23.5 Å². The quantitative estimate of drug-likeness (QED) is 0.796. The third-order valence-corrected chi connectivity index (χ3v) is 4.99. The van der Waals surface area contributed by atoms with Gasteiger partial charge in [-0.25, -0.2) is 12.7 Å². The predicted molar refractivity (Wildman–Crippen MR) is 76.1 cm³/mol. The molecule has 0 N–H and O–H groups in total. The molecule has 0 atom stereocenters. The van der Waals surface area contributed by atoms with Gasteiger partial charge >= 0.3 is 0 Å². The smallest absolute Gasteiger partial charge is 0.212 e. The van der Waals surface area contributed by atoms with Crippen molar-refractivity contribution < 1.29 is 8.42 Å². The summed E-state index contributed by atoms with van der Waals surface area (Å²) in [7, 11) is -1.46. The molecule has 1 aromatic carbocycles. The largest absolute Gasteiger partial charge is 0.214 e. The van der Waals surface area contributed by atoms with Crippen molar-refractivity contribution >= 4 is 10.0 Å². The Hall–Kier alpha value is -0.870. The Kier molecular flexibility index (Phi) is 5.35. The molecular formula is C14H23NO2S. The van der Waals surface area contributed by atoms with Crippen LogP contribution in [0, 0.1) is 0 Å². The fourth-order valence-corrected chi connectivity index (χ4v) is 2.95. The molecule has 0 saturated carbocycles. The first-order valence-corrected chi connectivity index (χ1v) is 8.00. The standard InChI is InChI=1S/C14H23NO2S/c1-5-10-18(16,17)15(4)11-13-6-8-14(9-7-13)12(2)3/h6-9,12H,5,10-11H2,1-4H3. The lowest BCUT2D eigenvalue weighted by molar-refractivity contribution is 0.466. The maximum Gasteiger partial charge on any atom is 0.214 e. The fraction of sp³-hybridized carbons (Fsp3) is 0.571. The van der Waals surface area contributed by atoms with Gasteiger partial charge in [-0.3, -0.25) is 0 Å². The second-order valence-corrected chi connectivity index (χ2v) is 7.16. The molecule has 0 radical (unpaired) electrons. The lowest BCUT2D eigenvalue weighted by Crippen LogP contribution is -2.28. The van der Waals surface area contributed by atoms with Crippen LogP contribution in [0.3, 0.4) is 0 Å². The van der Waals surface area contributed by atoms with Gasteiger partial charge in [0.25, 0.3) is 0 Å². The van der Waals surface area contributed by atoms with Crippen LogP contribution in [-0.4, -0.2) is 25.5 Å². The van der Waals surface area contributed by atoms with Gasteiger partial charge in [0.15, 0.2) is 0 Å². The highest BCUT2D eigenvalue weighted by Gasteiger charge is 2.16. The van der Waals surface area contributed by atoms with Gasteiger partial charge in [-0.1, -0.05) is 45.0 Å². The van der Waals surface area contributed by atoms with E-state index in [0.29, 0.717) is 18.9 Å². The summed E-state index contributed by atoms with van der Waals surface area (Å²) in [6.45, 7) is 6.61. The lowest BCUT2D eigenvalue weighted by Gasteiger charge is -2.17. The van der Waals surface area contributed by atoms with E-state index in [9.17, 15) is 8.42 Å². The Balaban J connectivity index is 2.73. The first kappa shape index (κ1) is 15.2. The number of hydrogen-bond donors (Lipinski definition) is 0. The Morgan fingerprint density at radius 1 is 1.17 bits per heavy atom. The number of nitrogens with zero attached hydrogens (tertiary/aromatic N) is 1. The summed E-state index contributed by atoms with van der Waals surface area (Å²) in [5.74, 6) is 0.716. The van der Waals surface area contributed by atoms with Crippen molar-refractivity contribution in [3.05, 3.63) is 35.4 Å². The van der Waals surface area contributed by atoms with Gasteiger partial charge in [0.05, 0.1) is 5.75 Å². The molecule has 0 fully saturated rings. The van der Waals surface area contributed by atoms with Crippen LogP contribution in [0.25, 0.3) is 0 Å². The van der Waals surface area contributed by atoms with Crippen LogP contribution in [0.1, 0.15) is 44.2 Å². The van der Waals surface area contributed by atoms with Crippen molar-refractivity contribution in [2.75, 3.05) is 12.8 Å². The molecule has 4 heteroatoms. The van der Waals surface area contributed by atoms with Crippen molar-refractivity contribution in [1.29, 1.82) is 0 Å². The maximum absolute atomic E-state index is 11.8. The third-order valence-electron chi connectivity index (χ3n) is 2.99. The maximum atomic E-state index is 11.8. The summed E-state index contributed by atoms with van der Waals surface area (Å²) < 4.78 is 25.1. The molecule has 0 amide bonds. The van der Waals surface area contributed by atoms with E-state index in [4.69, 9.17) is 0 Å². The van der Waals surface area contributed by atoms with Crippen LogP contribution in [0.4, 0.5) is 0 Å². The van der Waals surface area contributed by atoms with E-state index in [0.717, 1.165) is 5.56 Å². The molecule has 0 saturated heterocycles. The molecule has 1 rings (SSSR count). The molecule has 0 heterocycles. The van der Waals surface area contributed by atoms with Crippen molar-refractivity contribution in [3.63, 3.8) is 0 Å². The van der Waals surface area contributed by atoms with Crippen LogP contribution in [0.5, 0.6) is 0 Å². The molecule has 18 heavy (non-hydrogen) atoms. The average molecular weight is 269 g/mol. The van der Waals surface area contributed by atoms with Gasteiger partial charge in [0.1, 0.15) is 0 Å². The van der Waals surface area contributed by atoms with E-state index >= 15 is 0 Å². The normalized spacial score (nSPS) is 12.3. The Morgan fingerprint density at radius 3 is 2.17 bits per heavy atom. The molecule has 3 nitrogen and oxygen atoms in total. The number of sulfonamides is 1. The van der Waals surface area contributed by atoms with Crippen LogP contribution in [0.15, 0.2) is 24.3 Å². The van der Waals surface area contributed by atoms with Gasteiger partial charge in [-0.15, -0.1) is 0 Å². The first-order valence-electron chi connectivity index (χ1n) is 6.39. The number of rotatable bonds is 6. The minimum Gasteiger partial charge on any atom is -0.212 e. The molecule has 0 aliphatic rings. The Bertz CT molecular complexity index is 463. The number of hydrogen-bond acceptors (Lipinski definition) is 2. The lowest BCUT2D eigenvalue weighted by atomic mass is 10.0. The molecule has 1 aromatic rings. The first-order chi connectivity index (χ1) is 8.36. The van der Waals surface area contributed by atoms with Crippen molar-refractivity contribution in [1.82, 2.24) is 4.31 Å². The second kappa shape index (κ2) is 6.34. The summed E-state index contributed by atoms with van der Waals surface area (Å²) in [6.07, 6.45) is 0.652. The monoisotopic (exact) mass is 269 g/mol. The van der Waals surface area contributed by atoms with E-state index in [2.05, 4.69) is 26.0 Å². The highest BCUT2D eigenvalue weighted by molar-refractivity contribution is 7.89. The highest BCUT2D eigenvalue weighted by atomic mass is 32.2. The topological polar surface area (TPSA) is 37.4 Å². The second-order valence-electron chi connectivity index (χ2n) is 4.97. The summed E-state index contributed by atoms with van der Waals surface area (Å²) >= 11 is 0. The summed E-state index contributed by atoms with van der Waals surface area (Å²) in [5, 5.41) is 0. The minimum absolute atomic E-state index is 0.216.